The normalized spacial score (nSPS) is 13.9. The van der Waals surface area contributed by atoms with Gasteiger partial charge in [0.25, 0.3) is 0 Å². The minimum atomic E-state index is -0.719. The summed E-state index contributed by atoms with van der Waals surface area (Å²) in [6, 6.07) is -0.719. The smallest absolute Gasteiger partial charge is 0.325 e. The Kier molecular flexibility index (Phi) is 7.25. The Morgan fingerprint density at radius 2 is 1.56 bits per heavy atom. The molecule has 4 nitrogen and oxygen atoms in total. The van der Waals surface area contributed by atoms with Gasteiger partial charge in [-0.05, 0) is 41.5 Å². The molecule has 98 valence electrons. The first-order chi connectivity index (χ1) is 6.51. The molecule has 0 saturated carbocycles. The van der Waals surface area contributed by atoms with Gasteiger partial charge in [0, 0.05) is 0 Å². The van der Waals surface area contributed by atoms with E-state index >= 15 is 0 Å². The van der Waals surface area contributed by atoms with Crippen molar-refractivity contribution < 1.29 is 14.3 Å². The molecular formula is C11H24ClNO3. The highest BCUT2D eigenvalue weighted by atomic mass is 35.5. The van der Waals surface area contributed by atoms with Gasteiger partial charge in [0.15, 0.2) is 0 Å². The van der Waals surface area contributed by atoms with E-state index in [2.05, 4.69) is 0 Å². The molecule has 0 bridgehead atoms. The number of halogens is 1. The van der Waals surface area contributed by atoms with Gasteiger partial charge in [0.2, 0.25) is 0 Å². The summed E-state index contributed by atoms with van der Waals surface area (Å²) >= 11 is 0. The third-order valence-electron chi connectivity index (χ3n) is 1.41. The van der Waals surface area contributed by atoms with Crippen LogP contribution in [0.5, 0.6) is 0 Å². The maximum absolute atomic E-state index is 11.4. The first-order valence-corrected chi connectivity index (χ1v) is 5.14. The van der Waals surface area contributed by atoms with Crippen molar-refractivity contribution in [1.82, 2.24) is 0 Å². The molecule has 0 aliphatic rings. The summed E-state index contributed by atoms with van der Waals surface area (Å²) in [5.41, 5.74) is 4.84. The first kappa shape index (κ1) is 18.1. The van der Waals surface area contributed by atoms with Crippen LogP contribution in [0.4, 0.5) is 0 Å². The van der Waals surface area contributed by atoms with E-state index in [1.54, 1.807) is 0 Å². The van der Waals surface area contributed by atoms with Crippen LogP contribution in [-0.2, 0) is 14.3 Å². The van der Waals surface area contributed by atoms with Crippen LogP contribution in [0.3, 0.4) is 0 Å². The maximum Gasteiger partial charge on any atom is 0.325 e. The van der Waals surface area contributed by atoms with Crippen LogP contribution in [-0.4, -0.2) is 29.8 Å². The van der Waals surface area contributed by atoms with Gasteiger partial charge in [-0.1, -0.05) is 0 Å². The summed E-state index contributed by atoms with van der Waals surface area (Å²) in [5.74, 6) is -0.424. The molecule has 0 unspecified atom stereocenters. The molecule has 1 atom stereocenters. The molecular weight excluding hydrogens is 230 g/mol. The fourth-order valence-corrected chi connectivity index (χ4v) is 0.785. The number of esters is 1. The lowest BCUT2D eigenvalue weighted by Gasteiger charge is -2.25. The average Bonchev–Trinajstić information content (AvgIpc) is 1.95. The number of nitrogens with two attached hydrogens (primary N) is 1. The largest absolute Gasteiger partial charge is 0.459 e. The van der Waals surface area contributed by atoms with Crippen molar-refractivity contribution in [2.45, 2.75) is 58.8 Å². The summed E-state index contributed by atoms with van der Waals surface area (Å²) in [4.78, 5) is 11.4. The molecule has 2 N–H and O–H groups in total. The van der Waals surface area contributed by atoms with Crippen molar-refractivity contribution in [2.75, 3.05) is 6.61 Å². The number of carbonyl (C=O) groups excluding carboxylic acids is 1. The van der Waals surface area contributed by atoms with Crippen LogP contribution >= 0.6 is 12.4 Å². The number of rotatable bonds is 3. The molecule has 0 aromatic rings. The predicted molar refractivity (Wildman–Crippen MR) is 66.8 cm³/mol. The molecule has 0 aromatic carbocycles. The zero-order valence-electron chi connectivity index (χ0n) is 11.0. The van der Waals surface area contributed by atoms with Crippen LogP contribution in [0.2, 0.25) is 0 Å². The highest BCUT2D eigenvalue weighted by molar-refractivity contribution is 5.85. The van der Waals surface area contributed by atoms with Crippen LogP contribution in [0.1, 0.15) is 41.5 Å². The lowest BCUT2D eigenvalue weighted by Crippen LogP contribution is -2.42. The van der Waals surface area contributed by atoms with E-state index in [-0.39, 0.29) is 24.6 Å². The first-order valence-electron chi connectivity index (χ1n) is 5.14. The Hall–Kier alpha value is -0.320. The molecule has 0 rings (SSSR count). The van der Waals surface area contributed by atoms with Crippen LogP contribution in [0.15, 0.2) is 0 Å². The second-order valence-electron chi connectivity index (χ2n) is 5.56. The monoisotopic (exact) mass is 253 g/mol. The van der Waals surface area contributed by atoms with Crippen LogP contribution < -0.4 is 5.73 Å². The molecule has 0 aromatic heterocycles. The zero-order chi connectivity index (χ0) is 12.3. The number of carbonyl (C=O) groups is 1. The zero-order valence-corrected chi connectivity index (χ0v) is 11.8. The van der Waals surface area contributed by atoms with Gasteiger partial charge in [-0.25, -0.2) is 0 Å². The third kappa shape index (κ3) is 10.2. The number of hydrogen-bond acceptors (Lipinski definition) is 4. The van der Waals surface area contributed by atoms with E-state index in [9.17, 15) is 4.79 Å². The van der Waals surface area contributed by atoms with E-state index in [1.165, 1.54) is 0 Å². The van der Waals surface area contributed by atoms with Crippen molar-refractivity contribution in [3.63, 3.8) is 0 Å². The maximum atomic E-state index is 11.4. The standard InChI is InChI=1S/C11H23NO3.ClH/c1-10(2,3)14-7-8(12)9(13)15-11(4,5)6;/h8H,7,12H2,1-6H3;1H/t8-;/m0./s1. The predicted octanol–water partition coefficient (Wildman–Crippen LogP) is 1.89. The second kappa shape index (κ2) is 6.42. The number of ether oxygens (including phenoxy) is 2. The SMILES string of the molecule is CC(C)(C)OC[C@H](N)C(=O)OC(C)(C)C.Cl. The van der Waals surface area contributed by atoms with Crippen LogP contribution in [0.25, 0.3) is 0 Å². The molecule has 0 saturated heterocycles. The molecule has 0 aliphatic heterocycles. The highest BCUT2D eigenvalue weighted by Crippen LogP contribution is 2.10. The van der Waals surface area contributed by atoms with Crippen molar-refractivity contribution in [2.24, 2.45) is 5.73 Å². The van der Waals surface area contributed by atoms with Crippen molar-refractivity contribution >= 4 is 18.4 Å². The molecule has 0 amide bonds. The van der Waals surface area contributed by atoms with E-state index in [1.807, 2.05) is 41.5 Å². The van der Waals surface area contributed by atoms with E-state index in [0.29, 0.717) is 0 Å². The van der Waals surface area contributed by atoms with Crippen LogP contribution in [0, 0.1) is 0 Å². The second-order valence-corrected chi connectivity index (χ2v) is 5.56. The Bertz CT molecular complexity index is 218. The Morgan fingerprint density at radius 1 is 1.12 bits per heavy atom. The fourth-order valence-electron chi connectivity index (χ4n) is 0.785. The fraction of sp³-hybridized carbons (Fsp3) is 0.909. The van der Waals surface area contributed by atoms with E-state index in [4.69, 9.17) is 15.2 Å². The van der Waals surface area contributed by atoms with Gasteiger partial charge in [-0.3, -0.25) is 4.79 Å². The van der Waals surface area contributed by atoms with Crippen molar-refractivity contribution in [3.8, 4) is 0 Å². The lowest BCUT2D eigenvalue weighted by molar-refractivity contribution is -0.159. The minimum absolute atomic E-state index is 0. The number of hydrogen-bond donors (Lipinski definition) is 1. The van der Waals surface area contributed by atoms with Gasteiger partial charge < -0.3 is 15.2 Å². The highest BCUT2D eigenvalue weighted by Gasteiger charge is 2.23. The molecule has 0 heterocycles. The summed E-state index contributed by atoms with van der Waals surface area (Å²) in [5, 5.41) is 0. The van der Waals surface area contributed by atoms with Gasteiger partial charge in [-0.15, -0.1) is 12.4 Å². The molecule has 0 spiro atoms. The molecule has 0 fully saturated rings. The van der Waals surface area contributed by atoms with Crippen molar-refractivity contribution in [3.05, 3.63) is 0 Å². The lowest BCUT2D eigenvalue weighted by atomic mass is 10.2. The van der Waals surface area contributed by atoms with Gasteiger partial charge in [0.05, 0.1) is 12.2 Å². The third-order valence-corrected chi connectivity index (χ3v) is 1.41. The van der Waals surface area contributed by atoms with E-state index in [0.717, 1.165) is 0 Å². The minimum Gasteiger partial charge on any atom is -0.459 e. The summed E-state index contributed by atoms with van der Waals surface area (Å²) in [7, 11) is 0. The quantitative estimate of drug-likeness (QED) is 0.781. The molecule has 16 heavy (non-hydrogen) atoms. The summed E-state index contributed by atoms with van der Waals surface area (Å²) in [6.45, 7) is 11.3. The van der Waals surface area contributed by atoms with E-state index < -0.39 is 17.6 Å². The molecule has 5 heteroatoms. The summed E-state index contributed by atoms with van der Waals surface area (Å²) in [6.07, 6.45) is 0. The van der Waals surface area contributed by atoms with Gasteiger partial charge in [0.1, 0.15) is 11.6 Å². The Morgan fingerprint density at radius 3 is 1.88 bits per heavy atom. The Labute approximate surface area is 104 Å². The molecule has 0 radical (unpaired) electrons. The Balaban J connectivity index is 0. The summed E-state index contributed by atoms with van der Waals surface area (Å²) < 4.78 is 10.5. The van der Waals surface area contributed by atoms with Crippen molar-refractivity contribution in [1.29, 1.82) is 0 Å². The average molecular weight is 254 g/mol. The molecule has 0 aliphatic carbocycles. The van der Waals surface area contributed by atoms with Gasteiger partial charge >= 0.3 is 5.97 Å². The topological polar surface area (TPSA) is 61.5 Å². The van der Waals surface area contributed by atoms with Gasteiger partial charge in [-0.2, -0.15) is 0 Å².